The van der Waals surface area contributed by atoms with E-state index in [9.17, 15) is 9.90 Å². The SMILES string of the molecule is CN(CC(=O)c1cccs1)CC1CC(O)C1. The molecule has 0 atom stereocenters. The lowest BCUT2D eigenvalue weighted by molar-refractivity contribution is 0.0286. The van der Waals surface area contributed by atoms with E-state index in [4.69, 9.17) is 0 Å². The topological polar surface area (TPSA) is 40.5 Å². The van der Waals surface area contributed by atoms with Crippen LogP contribution >= 0.6 is 11.3 Å². The smallest absolute Gasteiger partial charge is 0.186 e. The lowest BCUT2D eigenvalue weighted by atomic mass is 9.82. The number of carbonyl (C=O) groups is 1. The zero-order chi connectivity index (χ0) is 11.5. The minimum atomic E-state index is -0.105. The summed E-state index contributed by atoms with van der Waals surface area (Å²) in [4.78, 5) is 14.7. The van der Waals surface area contributed by atoms with E-state index < -0.39 is 0 Å². The van der Waals surface area contributed by atoms with Gasteiger partial charge in [0.25, 0.3) is 0 Å². The van der Waals surface area contributed by atoms with E-state index in [0.717, 1.165) is 24.3 Å². The Labute approximate surface area is 99.7 Å². The number of carbonyl (C=O) groups excluding carboxylic acids is 1. The first-order valence-corrected chi connectivity index (χ1v) is 6.46. The Bertz CT molecular complexity index is 344. The van der Waals surface area contributed by atoms with Crippen molar-refractivity contribution in [3.63, 3.8) is 0 Å². The highest BCUT2D eigenvalue weighted by Crippen LogP contribution is 2.27. The van der Waals surface area contributed by atoms with Crippen molar-refractivity contribution in [2.45, 2.75) is 18.9 Å². The molecule has 1 heterocycles. The molecule has 0 bridgehead atoms. The van der Waals surface area contributed by atoms with Gasteiger partial charge in [0.2, 0.25) is 0 Å². The molecule has 0 saturated heterocycles. The van der Waals surface area contributed by atoms with E-state index in [1.165, 1.54) is 11.3 Å². The van der Waals surface area contributed by atoms with Gasteiger partial charge in [-0.25, -0.2) is 0 Å². The minimum Gasteiger partial charge on any atom is -0.393 e. The second-order valence-corrected chi connectivity index (χ2v) is 5.54. The molecule has 1 aromatic rings. The van der Waals surface area contributed by atoms with Crippen molar-refractivity contribution in [1.82, 2.24) is 4.90 Å². The molecular weight excluding hydrogens is 222 g/mol. The van der Waals surface area contributed by atoms with Gasteiger partial charge in [-0.05, 0) is 37.3 Å². The highest BCUT2D eigenvalue weighted by molar-refractivity contribution is 7.12. The number of Topliss-reactive ketones (excluding diaryl/α,β-unsaturated/α-hetero) is 1. The molecular formula is C12H17NO2S. The summed E-state index contributed by atoms with van der Waals surface area (Å²) in [5, 5.41) is 11.1. The Morgan fingerprint density at radius 2 is 2.38 bits per heavy atom. The summed E-state index contributed by atoms with van der Waals surface area (Å²) in [5.41, 5.74) is 0. The number of rotatable bonds is 5. The van der Waals surface area contributed by atoms with Gasteiger partial charge < -0.3 is 5.11 Å². The summed E-state index contributed by atoms with van der Waals surface area (Å²) in [6.07, 6.45) is 1.67. The molecule has 0 aliphatic heterocycles. The number of hydrogen-bond donors (Lipinski definition) is 1. The van der Waals surface area contributed by atoms with Crippen LogP contribution in [-0.4, -0.2) is 42.0 Å². The molecule has 3 nitrogen and oxygen atoms in total. The Hall–Kier alpha value is -0.710. The van der Waals surface area contributed by atoms with E-state index in [0.29, 0.717) is 12.5 Å². The fraction of sp³-hybridized carbons (Fsp3) is 0.583. The molecule has 1 aliphatic carbocycles. The summed E-state index contributed by atoms with van der Waals surface area (Å²) in [7, 11) is 1.97. The first-order chi connectivity index (χ1) is 7.65. The largest absolute Gasteiger partial charge is 0.393 e. The van der Waals surface area contributed by atoms with Gasteiger partial charge in [-0.3, -0.25) is 9.69 Å². The lowest BCUT2D eigenvalue weighted by Gasteiger charge is -2.34. The molecule has 88 valence electrons. The quantitative estimate of drug-likeness (QED) is 0.794. The second kappa shape index (κ2) is 5.08. The monoisotopic (exact) mass is 239 g/mol. The van der Waals surface area contributed by atoms with Gasteiger partial charge >= 0.3 is 0 Å². The van der Waals surface area contributed by atoms with Crippen LogP contribution in [0.3, 0.4) is 0 Å². The number of thiophene rings is 1. The first kappa shape index (κ1) is 11.8. The third-order valence-corrected chi connectivity index (χ3v) is 3.90. The van der Waals surface area contributed by atoms with E-state index in [1.807, 2.05) is 24.6 Å². The van der Waals surface area contributed by atoms with Crippen LogP contribution in [0.2, 0.25) is 0 Å². The number of nitrogens with zero attached hydrogens (tertiary/aromatic N) is 1. The third kappa shape index (κ3) is 2.90. The number of ketones is 1. The number of aliphatic hydroxyl groups is 1. The fourth-order valence-corrected chi connectivity index (χ4v) is 2.77. The lowest BCUT2D eigenvalue weighted by Crippen LogP contribution is -2.38. The van der Waals surface area contributed by atoms with Crippen molar-refractivity contribution >= 4 is 17.1 Å². The maximum Gasteiger partial charge on any atom is 0.186 e. The molecule has 1 N–H and O–H groups in total. The third-order valence-electron chi connectivity index (χ3n) is 2.99. The van der Waals surface area contributed by atoms with E-state index >= 15 is 0 Å². The molecule has 1 aromatic heterocycles. The van der Waals surface area contributed by atoms with Crippen LogP contribution in [0.15, 0.2) is 17.5 Å². The number of likely N-dealkylation sites (N-methyl/N-ethyl adjacent to an activating group) is 1. The van der Waals surface area contributed by atoms with Crippen molar-refractivity contribution in [2.75, 3.05) is 20.1 Å². The van der Waals surface area contributed by atoms with Gasteiger partial charge in [-0.1, -0.05) is 6.07 Å². The molecule has 1 saturated carbocycles. The van der Waals surface area contributed by atoms with Gasteiger partial charge in [0, 0.05) is 6.54 Å². The van der Waals surface area contributed by atoms with Gasteiger partial charge in [-0.15, -0.1) is 11.3 Å². The van der Waals surface area contributed by atoms with E-state index in [1.54, 1.807) is 0 Å². The fourth-order valence-electron chi connectivity index (χ4n) is 2.12. The standard InChI is InChI=1S/C12H17NO2S/c1-13(7-9-5-10(14)6-9)8-11(15)12-3-2-4-16-12/h2-4,9-10,14H,5-8H2,1H3. The average Bonchev–Trinajstić information content (AvgIpc) is 2.67. The van der Waals surface area contributed by atoms with E-state index in [-0.39, 0.29) is 11.9 Å². The van der Waals surface area contributed by atoms with Crippen molar-refractivity contribution in [3.05, 3.63) is 22.4 Å². The van der Waals surface area contributed by atoms with Crippen LogP contribution in [-0.2, 0) is 0 Å². The highest BCUT2D eigenvalue weighted by Gasteiger charge is 2.28. The van der Waals surface area contributed by atoms with Crippen LogP contribution < -0.4 is 0 Å². The predicted molar refractivity (Wildman–Crippen MR) is 64.9 cm³/mol. The van der Waals surface area contributed by atoms with Crippen LogP contribution in [0.4, 0.5) is 0 Å². The molecule has 1 fully saturated rings. The molecule has 1 aliphatic rings. The maximum absolute atomic E-state index is 11.8. The second-order valence-electron chi connectivity index (χ2n) is 4.59. The molecule has 0 radical (unpaired) electrons. The van der Waals surface area contributed by atoms with Gasteiger partial charge in [-0.2, -0.15) is 0 Å². The normalized spacial score (nSPS) is 24.4. The first-order valence-electron chi connectivity index (χ1n) is 5.58. The maximum atomic E-state index is 11.8. The molecule has 0 unspecified atom stereocenters. The Morgan fingerprint density at radius 1 is 1.62 bits per heavy atom. The summed E-state index contributed by atoms with van der Waals surface area (Å²) >= 11 is 1.50. The molecule has 2 rings (SSSR count). The zero-order valence-corrected chi connectivity index (χ0v) is 10.2. The zero-order valence-electron chi connectivity index (χ0n) is 9.43. The van der Waals surface area contributed by atoms with E-state index in [2.05, 4.69) is 4.90 Å². The van der Waals surface area contributed by atoms with Gasteiger partial charge in [0.1, 0.15) is 0 Å². The molecule has 0 aromatic carbocycles. The van der Waals surface area contributed by atoms with Crippen molar-refractivity contribution in [1.29, 1.82) is 0 Å². The van der Waals surface area contributed by atoms with Crippen molar-refractivity contribution in [3.8, 4) is 0 Å². The average molecular weight is 239 g/mol. The summed E-state index contributed by atoms with van der Waals surface area (Å²) in [5.74, 6) is 0.758. The molecule has 0 amide bonds. The van der Waals surface area contributed by atoms with Crippen molar-refractivity contribution < 1.29 is 9.90 Å². The Kier molecular flexibility index (Phi) is 3.74. The highest BCUT2D eigenvalue weighted by atomic mass is 32.1. The van der Waals surface area contributed by atoms with Crippen LogP contribution in [0.5, 0.6) is 0 Å². The Morgan fingerprint density at radius 3 is 2.94 bits per heavy atom. The van der Waals surface area contributed by atoms with Crippen LogP contribution in [0, 0.1) is 5.92 Å². The molecule has 4 heteroatoms. The number of hydrogen-bond acceptors (Lipinski definition) is 4. The minimum absolute atomic E-state index is 0.105. The predicted octanol–water partition coefficient (Wildman–Crippen LogP) is 1.63. The molecule has 16 heavy (non-hydrogen) atoms. The summed E-state index contributed by atoms with van der Waals surface area (Å²) in [6.45, 7) is 1.39. The van der Waals surface area contributed by atoms with Crippen LogP contribution in [0.25, 0.3) is 0 Å². The summed E-state index contributed by atoms with van der Waals surface area (Å²) < 4.78 is 0. The van der Waals surface area contributed by atoms with Crippen molar-refractivity contribution in [2.24, 2.45) is 5.92 Å². The van der Waals surface area contributed by atoms with Gasteiger partial charge in [0.05, 0.1) is 17.5 Å². The molecule has 0 spiro atoms. The van der Waals surface area contributed by atoms with Gasteiger partial charge in [0.15, 0.2) is 5.78 Å². The number of aliphatic hydroxyl groups excluding tert-OH is 1. The summed E-state index contributed by atoms with van der Waals surface area (Å²) in [6, 6.07) is 3.77. The Balaban J connectivity index is 1.75. The van der Waals surface area contributed by atoms with Crippen LogP contribution in [0.1, 0.15) is 22.5 Å².